The molecule has 94 valence electrons. The van der Waals surface area contributed by atoms with Gasteiger partial charge in [0.1, 0.15) is 0 Å². The summed E-state index contributed by atoms with van der Waals surface area (Å²) in [5.41, 5.74) is 1.40. The third-order valence-corrected chi connectivity index (χ3v) is 4.81. The summed E-state index contributed by atoms with van der Waals surface area (Å²) in [6.45, 7) is 3.39. The summed E-state index contributed by atoms with van der Waals surface area (Å²) in [6.07, 6.45) is 0. The highest BCUT2D eigenvalue weighted by atomic mass is 79.9. The monoisotopic (exact) mass is 314 g/mol. The summed E-state index contributed by atoms with van der Waals surface area (Å²) in [5, 5.41) is 3.32. The SMILES string of the molecule is CNCC(c1ccccc1Br)N1CCSCC1. The molecule has 1 aliphatic heterocycles. The molecule has 0 amide bonds. The van der Waals surface area contributed by atoms with E-state index in [1.807, 2.05) is 7.05 Å². The first kappa shape index (κ1) is 13.4. The molecule has 0 spiro atoms. The van der Waals surface area contributed by atoms with E-state index in [4.69, 9.17) is 0 Å². The fourth-order valence-electron chi connectivity index (χ4n) is 2.26. The Morgan fingerprint density at radius 3 is 2.71 bits per heavy atom. The molecule has 1 atom stereocenters. The Bertz CT molecular complexity index is 353. The lowest BCUT2D eigenvalue weighted by Crippen LogP contribution is -2.40. The predicted octanol–water partition coefficient (Wildman–Crippen LogP) is 2.76. The summed E-state index contributed by atoms with van der Waals surface area (Å²) < 4.78 is 1.22. The van der Waals surface area contributed by atoms with Crippen molar-refractivity contribution in [1.29, 1.82) is 0 Å². The van der Waals surface area contributed by atoms with Crippen LogP contribution in [0.15, 0.2) is 28.7 Å². The number of hydrogen-bond acceptors (Lipinski definition) is 3. The van der Waals surface area contributed by atoms with Gasteiger partial charge in [-0.25, -0.2) is 0 Å². The molecule has 17 heavy (non-hydrogen) atoms. The molecular formula is C13H19BrN2S. The van der Waals surface area contributed by atoms with E-state index in [1.165, 1.54) is 34.6 Å². The van der Waals surface area contributed by atoms with Crippen LogP contribution in [0, 0.1) is 0 Å². The maximum absolute atomic E-state index is 3.67. The summed E-state index contributed by atoms with van der Waals surface area (Å²) in [7, 11) is 2.03. The summed E-state index contributed by atoms with van der Waals surface area (Å²) >= 11 is 5.73. The molecule has 1 unspecified atom stereocenters. The maximum Gasteiger partial charge on any atom is 0.0484 e. The molecule has 0 saturated carbocycles. The Kier molecular flexibility index (Phi) is 5.35. The molecule has 0 aromatic heterocycles. The minimum atomic E-state index is 0.483. The van der Waals surface area contributed by atoms with Crippen molar-refractivity contribution in [3.05, 3.63) is 34.3 Å². The number of benzene rings is 1. The molecule has 2 nitrogen and oxygen atoms in total. The molecule has 1 N–H and O–H groups in total. The van der Waals surface area contributed by atoms with Crippen LogP contribution >= 0.6 is 27.7 Å². The maximum atomic E-state index is 3.67. The fourth-order valence-corrected chi connectivity index (χ4v) is 3.74. The van der Waals surface area contributed by atoms with E-state index in [2.05, 4.69) is 62.2 Å². The van der Waals surface area contributed by atoms with Gasteiger partial charge in [0.25, 0.3) is 0 Å². The zero-order valence-electron chi connectivity index (χ0n) is 10.2. The van der Waals surface area contributed by atoms with Crippen molar-refractivity contribution < 1.29 is 0 Å². The Morgan fingerprint density at radius 2 is 2.06 bits per heavy atom. The van der Waals surface area contributed by atoms with Crippen LogP contribution in [0.25, 0.3) is 0 Å². The first-order valence-corrected chi connectivity index (χ1v) is 7.98. The molecule has 1 aromatic rings. The molecule has 0 aliphatic carbocycles. The molecule has 0 bridgehead atoms. The standard InChI is InChI=1S/C13H19BrN2S/c1-15-10-13(16-6-8-17-9-7-16)11-4-2-3-5-12(11)14/h2-5,13,15H,6-10H2,1H3. The van der Waals surface area contributed by atoms with Crippen LogP contribution in [0.2, 0.25) is 0 Å². The number of likely N-dealkylation sites (N-methyl/N-ethyl adjacent to an activating group) is 1. The normalized spacial score (nSPS) is 19.2. The Balaban J connectivity index is 2.18. The van der Waals surface area contributed by atoms with Gasteiger partial charge in [-0.05, 0) is 18.7 Å². The van der Waals surface area contributed by atoms with E-state index < -0.39 is 0 Å². The van der Waals surface area contributed by atoms with Crippen LogP contribution in [0.4, 0.5) is 0 Å². The lowest BCUT2D eigenvalue weighted by Gasteiger charge is -2.35. The topological polar surface area (TPSA) is 15.3 Å². The summed E-state index contributed by atoms with van der Waals surface area (Å²) in [4.78, 5) is 2.59. The average Bonchev–Trinajstić information content (AvgIpc) is 2.38. The van der Waals surface area contributed by atoms with Crippen molar-refractivity contribution in [3.8, 4) is 0 Å². The largest absolute Gasteiger partial charge is 0.318 e. The first-order valence-electron chi connectivity index (χ1n) is 6.03. The van der Waals surface area contributed by atoms with E-state index in [0.29, 0.717) is 6.04 Å². The highest BCUT2D eigenvalue weighted by Gasteiger charge is 2.23. The van der Waals surface area contributed by atoms with E-state index in [0.717, 1.165) is 6.54 Å². The minimum absolute atomic E-state index is 0.483. The second kappa shape index (κ2) is 6.78. The first-order chi connectivity index (χ1) is 8.33. The van der Waals surface area contributed by atoms with Gasteiger partial charge in [0.2, 0.25) is 0 Å². The molecule has 1 saturated heterocycles. The third kappa shape index (κ3) is 3.47. The quantitative estimate of drug-likeness (QED) is 0.920. The average molecular weight is 315 g/mol. The van der Waals surface area contributed by atoms with E-state index >= 15 is 0 Å². The van der Waals surface area contributed by atoms with Crippen LogP contribution in [0.3, 0.4) is 0 Å². The smallest absolute Gasteiger partial charge is 0.0484 e. The molecule has 2 rings (SSSR count). The van der Waals surface area contributed by atoms with Gasteiger partial charge in [0.15, 0.2) is 0 Å². The zero-order valence-corrected chi connectivity index (χ0v) is 12.6. The Hall–Kier alpha value is -0.0300. The van der Waals surface area contributed by atoms with Crippen LogP contribution in [-0.4, -0.2) is 43.1 Å². The second-order valence-electron chi connectivity index (χ2n) is 4.24. The van der Waals surface area contributed by atoms with Crippen LogP contribution in [-0.2, 0) is 0 Å². The van der Waals surface area contributed by atoms with E-state index in [1.54, 1.807) is 0 Å². The molecular weight excluding hydrogens is 296 g/mol. The number of halogens is 1. The highest BCUT2D eigenvalue weighted by molar-refractivity contribution is 9.10. The van der Waals surface area contributed by atoms with Gasteiger partial charge in [-0.15, -0.1) is 0 Å². The zero-order chi connectivity index (χ0) is 12.1. The van der Waals surface area contributed by atoms with Crippen molar-refractivity contribution in [2.75, 3.05) is 38.2 Å². The molecule has 1 aromatic carbocycles. The van der Waals surface area contributed by atoms with Crippen molar-refractivity contribution in [2.45, 2.75) is 6.04 Å². The van der Waals surface area contributed by atoms with Crippen molar-refractivity contribution >= 4 is 27.7 Å². The van der Waals surface area contributed by atoms with Crippen LogP contribution < -0.4 is 5.32 Å². The van der Waals surface area contributed by atoms with Gasteiger partial charge in [-0.1, -0.05) is 34.1 Å². The lowest BCUT2D eigenvalue weighted by atomic mass is 10.1. The van der Waals surface area contributed by atoms with Crippen molar-refractivity contribution in [2.24, 2.45) is 0 Å². The molecule has 4 heteroatoms. The number of nitrogens with zero attached hydrogens (tertiary/aromatic N) is 1. The van der Waals surface area contributed by atoms with Crippen LogP contribution in [0.5, 0.6) is 0 Å². The minimum Gasteiger partial charge on any atom is -0.318 e. The predicted molar refractivity (Wildman–Crippen MR) is 79.7 cm³/mol. The van der Waals surface area contributed by atoms with Crippen molar-refractivity contribution in [1.82, 2.24) is 10.2 Å². The second-order valence-corrected chi connectivity index (χ2v) is 6.32. The molecule has 1 aliphatic rings. The number of nitrogens with one attached hydrogen (secondary N) is 1. The highest BCUT2D eigenvalue weighted by Crippen LogP contribution is 2.29. The van der Waals surface area contributed by atoms with Crippen LogP contribution in [0.1, 0.15) is 11.6 Å². The van der Waals surface area contributed by atoms with Gasteiger partial charge in [0.05, 0.1) is 0 Å². The van der Waals surface area contributed by atoms with E-state index in [9.17, 15) is 0 Å². The molecule has 1 fully saturated rings. The van der Waals surface area contributed by atoms with Gasteiger partial charge in [0, 0.05) is 41.7 Å². The summed E-state index contributed by atoms with van der Waals surface area (Å²) in [5.74, 6) is 2.51. The Labute approximate surface area is 116 Å². The Morgan fingerprint density at radius 1 is 1.35 bits per heavy atom. The lowest BCUT2D eigenvalue weighted by molar-refractivity contribution is 0.215. The fraction of sp³-hybridized carbons (Fsp3) is 0.538. The van der Waals surface area contributed by atoms with Gasteiger partial charge in [-0.2, -0.15) is 11.8 Å². The van der Waals surface area contributed by atoms with E-state index in [-0.39, 0.29) is 0 Å². The van der Waals surface area contributed by atoms with Gasteiger partial charge < -0.3 is 5.32 Å². The summed E-state index contributed by atoms with van der Waals surface area (Å²) in [6, 6.07) is 9.05. The molecule has 1 heterocycles. The van der Waals surface area contributed by atoms with Gasteiger partial charge in [-0.3, -0.25) is 4.90 Å². The number of thioether (sulfide) groups is 1. The number of hydrogen-bond donors (Lipinski definition) is 1. The third-order valence-electron chi connectivity index (χ3n) is 3.15. The number of rotatable bonds is 4. The van der Waals surface area contributed by atoms with Crippen molar-refractivity contribution in [3.63, 3.8) is 0 Å². The van der Waals surface area contributed by atoms with Gasteiger partial charge >= 0.3 is 0 Å². The molecule has 0 radical (unpaired) electrons.